The number of alkyl halides is 3. The summed E-state index contributed by atoms with van der Waals surface area (Å²) in [6.45, 7) is 0.262. The molecular formula is C18H16F3NO4. The number of hydrogen-bond donors (Lipinski definition) is 1. The molecule has 8 heteroatoms. The first-order chi connectivity index (χ1) is 12.3. The standard InChI is InChI=1S/C18H16F3NO4/c1-24-14-7-12-10-22(17(23)16(12)15(8-14)25-2)9-11-3-5-13(6-4-11)26-18(19,20)21/h3-8,10,23H,9H2,1-2H3. The fourth-order valence-electron chi connectivity index (χ4n) is 2.72. The van der Waals surface area contributed by atoms with Gasteiger partial charge < -0.3 is 23.9 Å². The molecule has 0 amide bonds. The summed E-state index contributed by atoms with van der Waals surface area (Å²) >= 11 is 0. The Morgan fingerprint density at radius 3 is 2.27 bits per heavy atom. The highest BCUT2D eigenvalue weighted by Crippen LogP contribution is 2.38. The van der Waals surface area contributed by atoms with Crippen molar-refractivity contribution in [3.8, 4) is 23.1 Å². The summed E-state index contributed by atoms with van der Waals surface area (Å²) in [7, 11) is 3.02. The van der Waals surface area contributed by atoms with Crippen LogP contribution < -0.4 is 14.2 Å². The maximum atomic E-state index is 12.2. The summed E-state index contributed by atoms with van der Waals surface area (Å²) in [6, 6.07) is 8.88. The molecule has 1 aromatic heterocycles. The normalized spacial score (nSPS) is 11.6. The summed E-state index contributed by atoms with van der Waals surface area (Å²) in [6.07, 6.45) is -3.01. The molecule has 138 valence electrons. The zero-order valence-electron chi connectivity index (χ0n) is 14.0. The van der Waals surface area contributed by atoms with Crippen molar-refractivity contribution in [2.45, 2.75) is 12.9 Å². The molecular weight excluding hydrogens is 351 g/mol. The monoisotopic (exact) mass is 367 g/mol. The van der Waals surface area contributed by atoms with Gasteiger partial charge in [0.2, 0.25) is 5.88 Å². The molecule has 0 atom stereocenters. The van der Waals surface area contributed by atoms with Gasteiger partial charge in [-0.3, -0.25) is 0 Å². The lowest BCUT2D eigenvalue weighted by atomic mass is 10.2. The Balaban J connectivity index is 1.90. The Labute approximate surface area is 147 Å². The van der Waals surface area contributed by atoms with Crippen molar-refractivity contribution in [1.29, 1.82) is 0 Å². The fourth-order valence-corrected chi connectivity index (χ4v) is 2.72. The SMILES string of the molecule is COc1cc(OC)c2c(O)n(Cc3ccc(OC(F)(F)F)cc3)cc2c1. The topological polar surface area (TPSA) is 52.8 Å². The number of rotatable bonds is 5. The molecule has 0 aliphatic rings. The van der Waals surface area contributed by atoms with Gasteiger partial charge in [0.05, 0.1) is 26.2 Å². The van der Waals surface area contributed by atoms with Gasteiger partial charge in [0, 0.05) is 17.6 Å². The van der Waals surface area contributed by atoms with Gasteiger partial charge in [0.1, 0.15) is 17.2 Å². The van der Waals surface area contributed by atoms with E-state index in [2.05, 4.69) is 4.74 Å². The molecule has 1 N–H and O–H groups in total. The van der Waals surface area contributed by atoms with Gasteiger partial charge in [-0.15, -0.1) is 13.2 Å². The second-order valence-electron chi connectivity index (χ2n) is 5.57. The molecule has 26 heavy (non-hydrogen) atoms. The second-order valence-corrected chi connectivity index (χ2v) is 5.57. The Morgan fingerprint density at radius 1 is 1.00 bits per heavy atom. The van der Waals surface area contributed by atoms with Crippen molar-refractivity contribution in [1.82, 2.24) is 4.57 Å². The molecule has 0 radical (unpaired) electrons. The highest BCUT2D eigenvalue weighted by molar-refractivity contribution is 5.94. The molecule has 0 aliphatic heterocycles. The van der Waals surface area contributed by atoms with Crippen LogP contribution in [0.1, 0.15) is 5.56 Å². The molecule has 0 fully saturated rings. The fraction of sp³-hybridized carbons (Fsp3) is 0.222. The van der Waals surface area contributed by atoms with Gasteiger partial charge in [-0.2, -0.15) is 0 Å². The minimum Gasteiger partial charge on any atom is -0.497 e. The van der Waals surface area contributed by atoms with Crippen molar-refractivity contribution in [2.75, 3.05) is 14.2 Å². The number of hydrogen-bond acceptors (Lipinski definition) is 4. The smallest absolute Gasteiger partial charge is 0.497 e. The first-order valence-corrected chi connectivity index (χ1v) is 7.59. The summed E-state index contributed by atoms with van der Waals surface area (Å²) in [5.41, 5.74) is 0.695. The van der Waals surface area contributed by atoms with Crippen molar-refractivity contribution in [2.24, 2.45) is 0 Å². The van der Waals surface area contributed by atoms with E-state index in [9.17, 15) is 18.3 Å². The zero-order valence-corrected chi connectivity index (χ0v) is 14.0. The van der Waals surface area contributed by atoms with Gasteiger partial charge in [0.25, 0.3) is 0 Å². The zero-order chi connectivity index (χ0) is 18.9. The first kappa shape index (κ1) is 17.8. The number of methoxy groups -OCH3 is 2. The number of ether oxygens (including phenoxy) is 3. The predicted molar refractivity (Wildman–Crippen MR) is 88.9 cm³/mol. The summed E-state index contributed by atoms with van der Waals surface area (Å²) in [5.74, 6) is 0.745. The number of aromatic hydroxyl groups is 1. The number of halogens is 3. The van der Waals surface area contributed by atoms with Crippen LogP contribution >= 0.6 is 0 Å². The van der Waals surface area contributed by atoms with E-state index in [1.807, 2.05) is 0 Å². The predicted octanol–water partition coefficient (Wildman–Crippen LogP) is 4.31. The van der Waals surface area contributed by atoms with Crippen LogP contribution in [0.2, 0.25) is 0 Å². The Bertz CT molecular complexity index is 917. The van der Waals surface area contributed by atoms with Crippen LogP contribution in [0.4, 0.5) is 13.2 Å². The molecule has 0 unspecified atom stereocenters. The minimum absolute atomic E-state index is 0.00452. The van der Waals surface area contributed by atoms with E-state index in [0.29, 0.717) is 22.4 Å². The van der Waals surface area contributed by atoms with E-state index in [1.54, 1.807) is 22.9 Å². The van der Waals surface area contributed by atoms with E-state index in [1.165, 1.54) is 38.5 Å². The van der Waals surface area contributed by atoms with Crippen LogP contribution in [0.15, 0.2) is 42.6 Å². The molecule has 0 bridgehead atoms. The van der Waals surface area contributed by atoms with Gasteiger partial charge in [0.15, 0.2) is 0 Å². The highest BCUT2D eigenvalue weighted by Gasteiger charge is 2.30. The summed E-state index contributed by atoms with van der Waals surface area (Å²) < 4.78 is 52.6. The number of aromatic nitrogens is 1. The van der Waals surface area contributed by atoms with Crippen molar-refractivity contribution >= 4 is 10.8 Å². The lowest BCUT2D eigenvalue weighted by Gasteiger charge is -2.10. The average molecular weight is 367 g/mol. The van der Waals surface area contributed by atoms with E-state index in [0.717, 1.165) is 5.39 Å². The molecule has 0 spiro atoms. The summed E-state index contributed by atoms with van der Waals surface area (Å²) in [4.78, 5) is 0. The maximum Gasteiger partial charge on any atom is 0.573 e. The number of fused-ring (bicyclic) bond motifs is 1. The average Bonchev–Trinajstić information content (AvgIpc) is 2.90. The van der Waals surface area contributed by atoms with E-state index in [4.69, 9.17) is 9.47 Å². The number of nitrogens with zero attached hydrogens (tertiary/aromatic N) is 1. The van der Waals surface area contributed by atoms with E-state index >= 15 is 0 Å². The molecule has 5 nitrogen and oxygen atoms in total. The Hall–Kier alpha value is -3.03. The third-order valence-corrected chi connectivity index (χ3v) is 3.86. The molecule has 3 rings (SSSR count). The first-order valence-electron chi connectivity index (χ1n) is 7.59. The third-order valence-electron chi connectivity index (χ3n) is 3.86. The second kappa shape index (κ2) is 6.70. The van der Waals surface area contributed by atoms with Crippen LogP contribution in [0.5, 0.6) is 23.1 Å². The Kier molecular flexibility index (Phi) is 4.58. The lowest BCUT2D eigenvalue weighted by molar-refractivity contribution is -0.274. The number of benzene rings is 2. The van der Waals surface area contributed by atoms with E-state index < -0.39 is 6.36 Å². The van der Waals surface area contributed by atoms with Gasteiger partial charge in [-0.25, -0.2) is 0 Å². The van der Waals surface area contributed by atoms with Crippen LogP contribution in [0, 0.1) is 0 Å². The Morgan fingerprint density at radius 2 is 1.69 bits per heavy atom. The highest BCUT2D eigenvalue weighted by atomic mass is 19.4. The van der Waals surface area contributed by atoms with Gasteiger partial charge in [-0.05, 0) is 23.8 Å². The third kappa shape index (κ3) is 3.63. The molecule has 3 aromatic rings. The largest absolute Gasteiger partial charge is 0.573 e. The van der Waals surface area contributed by atoms with Crippen molar-refractivity contribution in [3.63, 3.8) is 0 Å². The minimum atomic E-state index is -4.73. The van der Waals surface area contributed by atoms with Gasteiger partial charge in [-0.1, -0.05) is 12.1 Å². The maximum absolute atomic E-state index is 12.2. The van der Waals surface area contributed by atoms with Crippen LogP contribution in [-0.4, -0.2) is 30.3 Å². The molecule has 0 aliphatic carbocycles. The summed E-state index contributed by atoms with van der Waals surface area (Å²) in [5, 5.41) is 11.8. The molecule has 2 aromatic carbocycles. The van der Waals surface area contributed by atoms with Crippen molar-refractivity contribution in [3.05, 3.63) is 48.2 Å². The molecule has 0 saturated heterocycles. The van der Waals surface area contributed by atoms with Crippen LogP contribution in [0.25, 0.3) is 10.8 Å². The molecule has 0 saturated carbocycles. The lowest BCUT2D eigenvalue weighted by Crippen LogP contribution is -2.17. The quantitative estimate of drug-likeness (QED) is 0.730. The van der Waals surface area contributed by atoms with Crippen molar-refractivity contribution < 1.29 is 32.5 Å². The van der Waals surface area contributed by atoms with E-state index in [-0.39, 0.29) is 18.2 Å². The van der Waals surface area contributed by atoms with Gasteiger partial charge >= 0.3 is 6.36 Å². The van der Waals surface area contributed by atoms with Crippen LogP contribution in [0.3, 0.4) is 0 Å². The molecule has 1 heterocycles. The van der Waals surface area contributed by atoms with Crippen LogP contribution in [-0.2, 0) is 6.54 Å².